The molecule has 0 fully saturated rings. The van der Waals surface area contributed by atoms with Crippen LogP contribution in [0.15, 0.2) is 4.99 Å². The molecule has 0 heterocycles. The lowest BCUT2D eigenvalue weighted by Gasteiger charge is -1.97. The van der Waals surface area contributed by atoms with Gasteiger partial charge in [-0.1, -0.05) is 0 Å². The van der Waals surface area contributed by atoms with Gasteiger partial charge in [0.1, 0.15) is 5.94 Å². The fraction of sp³-hybridized carbons (Fsp3) is 0.750. The maximum absolute atomic E-state index is 4.85. The van der Waals surface area contributed by atoms with Crippen LogP contribution in [0.2, 0.25) is 0 Å². The van der Waals surface area contributed by atoms with Crippen molar-refractivity contribution in [1.82, 2.24) is 0 Å². The van der Waals surface area contributed by atoms with E-state index in [1.807, 2.05) is 0 Å². The summed E-state index contributed by atoms with van der Waals surface area (Å²) in [5.74, 6) is 1.48. The number of aliphatic imine (C=N–C) groups is 1. The number of ether oxygens (including phenoxy) is 1. The first kappa shape index (κ1) is 8.17. The van der Waals surface area contributed by atoms with Crippen LogP contribution in [0.25, 0.3) is 0 Å². The fourth-order valence-corrected chi connectivity index (χ4v) is 0.625. The minimum atomic E-state index is 0.378. The second-order valence-electron chi connectivity index (χ2n) is 1.09. The summed E-state index contributed by atoms with van der Waals surface area (Å²) in [6.45, 7) is 1.77. The summed E-state index contributed by atoms with van der Waals surface area (Å²) >= 11 is 7.69. The fourth-order valence-electron chi connectivity index (χ4n) is 0.239. The molecule has 8 heavy (non-hydrogen) atoms. The molecule has 0 rings (SSSR count). The van der Waals surface area contributed by atoms with Gasteiger partial charge in [-0.05, 0) is 0 Å². The third kappa shape index (κ3) is 4.33. The van der Waals surface area contributed by atoms with Crippen molar-refractivity contribution in [3.63, 3.8) is 0 Å². The van der Waals surface area contributed by atoms with E-state index in [0.717, 1.165) is 0 Å². The molecule has 0 amide bonds. The summed E-state index contributed by atoms with van der Waals surface area (Å²) in [5, 5.41) is 0. The summed E-state index contributed by atoms with van der Waals surface area (Å²) in [7, 11) is 0. The number of thiol groups is 2. The Labute approximate surface area is 60.2 Å². The van der Waals surface area contributed by atoms with E-state index < -0.39 is 0 Å². The molecule has 4 heteroatoms. The number of nitrogens with zero attached hydrogens (tertiary/aromatic N) is 1. The highest BCUT2D eigenvalue weighted by Gasteiger charge is 1.83. The SMILES string of the molecule is CC(=NCS)OCS. The Balaban J connectivity index is 3.29. The van der Waals surface area contributed by atoms with E-state index in [0.29, 0.717) is 17.7 Å². The number of rotatable bonds is 2. The van der Waals surface area contributed by atoms with Gasteiger partial charge in [0.05, 0.1) is 5.88 Å². The van der Waals surface area contributed by atoms with Gasteiger partial charge in [-0.3, -0.25) is 0 Å². The van der Waals surface area contributed by atoms with Crippen LogP contribution < -0.4 is 0 Å². The minimum Gasteiger partial charge on any atom is -0.471 e. The van der Waals surface area contributed by atoms with Gasteiger partial charge >= 0.3 is 0 Å². The van der Waals surface area contributed by atoms with Crippen molar-refractivity contribution < 1.29 is 4.74 Å². The molecule has 0 saturated heterocycles. The molecule has 0 aliphatic rings. The Morgan fingerprint density at radius 2 is 2.25 bits per heavy atom. The Morgan fingerprint density at radius 3 is 2.62 bits per heavy atom. The van der Waals surface area contributed by atoms with E-state index in [-0.39, 0.29) is 0 Å². The molecule has 0 aromatic heterocycles. The summed E-state index contributed by atoms with van der Waals surface area (Å²) in [5.41, 5.74) is 0. The van der Waals surface area contributed by atoms with Gasteiger partial charge in [0.15, 0.2) is 5.90 Å². The molecule has 0 aliphatic heterocycles. The molecule has 0 unspecified atom stereocenters. The van der Waals surface area contributed by atoms with Gasteiger partial charge < -0.3 is 4.74 Å². The van der Waals surface area contributed by atoms with E-state index in [1.54, 1.807) is 6.92 Å². The van der Waals surface area contributed by atoms with Crippen LogP contribution in [0.4, 0.5) is 0 Å². The molecule has 0 spiro atoms. The van der Waals surface area contributed by atoms with E-state index in [1.165, 1.54) is 0 Å². The zero-order valence-electron chi connectivity index (χ0n) is 4.66. The quantitative estimate of drug-likeness (QED) is 0.263. The highest BCUT2D eigenvalue weighted by atomic mass is 32.1. The number of hydrogen-bond acceptors (Lipinski definition) is 4. The first-order chi connectivity index (χ1) is 3.81. The van der Waals surface area contributed by atoms with Crippen molar-refractivity contribution >= 4 is 31.2 Å². The summed E-state index contributed by atoms with van der Waals surface area (Å²) in [6, 6.07) is 0. The summed E-state index contributed by atoms with van der Waals surface area (Å²) < 4.78 is 4.85. The Bertz CT molecular complexity index is 84.1. The van der Waals surface area contributed by atoms with Crippen molar-refractivity contribution in [2.45, 2.75) is 6.92 Å². The van der Waals surface area contributed by atoms with Gasteiger partial charge in [0.25, 0.3) is 0 Å². The van der Waals surface area contributed by atoms with E-state index >= 15 is 0 Å². The molecule has 0 aliphatic carbocycles. The zero-order valence-corrected chi connectivity index (χ0v) is 6.45. The topological polar surface area (TPSA) is 21.6 Å². The van der Waals surface area contributed by atoms with Crippen molar-refractivity contribution in [2.75, 3.05) is 11.8 Å². The van der Waals surface area contributed by atoms with Crippen LogP contribution >= 0.6 is 25.3 Å². The van der Waals surface area contributed by atoms with Crippen LogP contribution in [0.1, 0.15) is 6.92 Å². The Morgan fingerprint density at radius 1 is 1.62 bits per heavy atom. The van der Waals surface area contributed by atoms with Gasteiger partial charge in [-0.25, -0.2) is 4.99 Å². The third-order valence-corrected chi connectivity index (χ3v) is 0.837. The lowest BCUT2D eigenvalue weighted by molar-refractivity contribution is 0.378. The molecule has 0 atom stereocenters. The molecule has 0 saturated carbocycles. The molecule has 0 radical (unpaired) electrons. The maximum Gasteiger partial charge on any atom is 0.181 e. The predicted molar refractivity (Wildman–Crippen MR) is 41.9 cm³/mol. The average molecular weight is 151 g/mol. The highest BCUT2D eigenvalue weighted by molar-refractivity contribution is 7.80. The van der Waals surface area contributed by atoms with Crippen LogP contribution in [0.5, 0.6) is 0 Å². The molecule has 0 N–H and O–H groups in total. The second kappa shape index (κ2) is 5.31. The van der Waals surface area contributed by atoms with Crippen LogP contribution in [0, 0.1) is 0 Å². The Hall–Kier alpha value is 0.170. The van der Waals surface area contributed by atoms with Gasteiger partial charge in [0.2, 0.25) is 0 Å². The van der Waals surface area contributed by atoms with Gasteiger partial charge in [-0.2, -0.15) is 12.6 Å². The number of hydrogen-bond donors (Lipinski definition) is 2. The maximum atomic E-state index is 4.85. The smallest absolute Gasteiger partial charge is 0.181 e. The molecule has 48 valence electrons. The zero-order chi connectivity index (χ0) is 6.41. The van der Waals surface area contributed by atoms with Crippen molar-refractivity contribution in [3.05, 3.63) is 0 Å². The van der Waals surface area contributed by atoms with E-state index in [4.69, 9.17) is 4.74 Å². The minimum absolute atomic E-state index is 0.378. The largest absolute Gasteiger partial charge is 0.471 e. The van der Waals surface area contributed by atoms with Crippen molar-refractivity contribution in [1.29, 1.82) is 0 Å². The standard InChI is InChI=1S/C4H9NOS2/c1-4(5-2-7)6-3-8/h7-8H,2-3H2,1H3. The highest BCUT2D eigenvalue weighted by Crippen LogP contribution is 1.85. The molecular formula is C4H9NOS2. The van der Waals surface area contributed by atoms with E-state index in [9.17, 15) is 0 Å². The van der Waals surface area contributed by atoms with Crippen molar-refractivity contribution in [3.8, 4) is 0 Å². The van der Waals surface area contributed by atoms with Crippen LogP contribution in [-0.4, -0.2) is 17.7 Å². The van der Waals surface area contributed by atoms with Crippen molar-refractivity contribution in [2.24, 2.45) is 4.99 Å². The predicted octanol–water partition coefficient (Wildman–Crippen LogP) is 1.20. The van der Waals surface area contributed by atoms with Gasteiger partial charge in [-0.15, -0.1) is 12.6 Å². The van der Waals surface area contributed by atoms with Gasteiger partial charge in [0, 0.05) is 6.92 Å². The van der Waals surface area contributed by atoms with E-state index in [2.05, 4.69) is 30.2 Å². The molecule has 0 aromatic carbocycles. The molecular weight excluding hydrogens is 142 g/mol. The third-order valence-electron chi connectivity index (χ3n) is 0.567. The Kier molecular flexibility index (Phi) is 5.42. The lowest BCUT2D eigenvalue weighted by Crippen LogP contribution is -1.96. The van der Waals surface area contributed by atoms with Crippen LogP contribution in [0.3, 0.4) is 0 Å². The second-order valence-corrected chi connectivity index (χ2v) is 1.63. The molecule has 2 nitrogen and oxygen atoms in total. The monoisotopic (exact) mass is 151 g/mol. The van der Waals surface area contributed by atoms with Crippen LogP contribution in [-0.2, 0) is 4.74 Å². The summed E-state index contributed by atoms with van der Waals surface area (Å²) in [4.78, 5) is 3.82. The molecule has 0 bridgehead atoms. The molecule has 0 aromatic rings. The average Bonchev–Trinajstić information content (AvgIpc) is 1.68. The normalized spacial score (nSPS) is 11.6. The first-order valence-electron chi connectivity index (χ1n) is 2.17. The lowest BCUT2D eigenvalue weighted by atomic mass is 10.8. The first-order valence-corrected chi connectivity index (χ1v) is 3.43. The summed E-state index contributed by atoms with van der Waals surface area (Å²) in [6.07, 6.45) is 0.